The van der Waals surface area contributed by atoms with Gasteiger partial charge in [-0.15, -0.1) is 0 Å². The van der Waals surface area contributed by atoms with Crippen molar-refractivity contribution in [3.05, 3.63) is 36.4 Å². The van der Waals surface area contributed by atoms with Crippen molar-refractivity contribution < 1.29 is 14.6 Å². The molecule has 0 aromatic heterocycles. The number of ether oxygens (including phenoxy) is 2. The van der Waals surface area contributed by atoms with E-state index in [4.69, 9.17) is 9.47 Å². The Kier molecular flexibility index (Phi) is 3.27. The molecular formula is C13H14O3. The molecule has 84 valence electrons. The van der Waals surface area contributed by atoms with Gasteiger partial charge < -0.3 is 14.6 Å². The standard InChI is InChI=1S/C13H14O3/c1-15-6-7-16-13-5-3-10-8-12(14)4-2-11(10)9-13/h2-5,8-9,14H,6-7H2,1H3. The van der Waals surface area contributed by atoms with E-state index in [1.807, 2.05) is 24.3 Å². The van der Waals surface area contributed by atoms with Crippen molar-refractivity contribution in [2.75, 3.05) is 20.3 Å². The average molecular weight is 218 g/mol. The van der Waals surface area contributed by atoms with Crippen LogP contribution in [0.5, 0.6) is 11.5 Å². The number of rotatable bonds is 4. The van der Waals surface area contributed by atoms with Crippen molar-refractivity contribution in [3.63, 3.8) is 0 Å². The van der Waals surface area contributed by atoms with Crippen LogP contribution in [0.3, 0.4) is 0 Å². The van der Waals surface area contributed by atoms with E-state index >= 15 is 0 Å². The van der Waals surface area contributed by atoms with Gasteiger partial charge >= 0.3 is 0 Å². The molecule has 0 saturated carbocycles. The van der Waals surface area contributed by atoms with Crippen molar-refractivity contribution in [1.29, 1.82) is 0 Å². The highest BCUT2D eigenvalue weighted by Crippen LogP contribution is 2.24. The molecule has 0 aliphatic rings. The van der Waals surface area contributed by atoms with Crippen LogP contribution in [0.25, 0.3) is 10.8 Å². The van der Waals surface area contributed by atoms with E-state index in [2.05, 4.69) is 0 Å². The number of hydrogen-bond donors (Lipinski definition) is 1. The van der Waals surface area contributed by atoms with Gasteiger partial charge in [0, 0.05) is 7.11 Å². The Labute approximate surface area is 94.2 Å². The minimum atomic E-state index is 0.278. The summed E-state index contributed by atoms with van der Waals surface area (Å²) in [5.41, 5.74) is 0. The van der Waals surface area contributed by atoms with E-state index in [1.165, 1.54) is 0 Å². The molecule has 0 fully saturated rings. The molecule has 2 aromatic carbocycles. The molecule has 16 heavy (non-hydrogen) atoms. The molecule has 2 rings (SSSR count). The van der Waals surface area contributed by atoms with Crippen LogP contribution in [0.2, 0.25) is 0 Å². The van der Waals surface area contributed by atoms with Crippen LogP contribution < -0.4 is 4.74 Å². The second-order valence-electron chi connectivity index (χ2n) is 3.53. The van der Waals surface area contributed by atoms with Gasteiger partial charge in [-0.1, -0.05) is 12.1 Å². The SMILES string of the molecule is COCCOc1ccc2cc(O)ccc2c1. The highest BCUT2D eigenvalue weighted by Gasteiger charge is 1.98. The molecule has 0 bridgehead atoms. The van der Waals surface area contributed by atoms with E-state index in [9.17, 15) is 5.11 Å². The van der Waals surface area contributed by atoms with Crippen LogP contribution in [0, 0.1) is 0 Å². The first-order valence-corrected chi connectivity index (χ1v) is 5.14. The van der Waals surface area contributed by atoms with Crippen LogP contribution in [-0.2, 0) is 4.74 Å². The largest absolute Gasteiger partial charge is 0.508 e. The highest BCUT2D eigenvalue weighted by molar-refractivity contribution is 5.85. The summed E-state index contributed by atoms with van der Waals surface area (Å²) < 4.78 is 10.4. The van der Waals surface area contributed by atoms with E-state index in [-0.39, 0.29) is 5.75 Å². The lowest BCUT2D eigenvalue weighted by Crippen LogP contribution is -2.03. The Morgan fingerprint density at radius 1 is 1.00 bits per heavy atom. The third-order valence-corrected chi connectivity index (χ3v) is 2.35. The second kappa shape index (κ2) is 4.86. The third-order valence-electron chi connectivity index (χ3n) is 2.35. The number of methoxy groups -OCH3 is 1. The molecule has 0 aliphatic carbocycles. The zero-order valence-electron chi connectivity index (χ0n) is 9.14. The number of phenolic OH excluding ortho intramolecular Hbond substituents is 1. The van der Waals surface area contributed by atoms with Gasteiger partial charge in [0.25, 0.3) is 0 Å². The second-order valence-corrected chi connectivity index (χ2v) is 3.53. The fourth-order valence-electron chi connectivity index (χ4n) is 1.54. The fraction of sp³-hybridized carbons (Fsp3) is 0.231. The molecule has 0 heterocycles. The van der Waals surface area contributed by atoms with E-state index in [1.54, 1.807) is 19.2 Å². The maximum atomic E-state index is 9.33. The van der Waals surface area contributed by atoms with Crippen LogP contribution in [0.1, 0.15) is 0 Å². The molecular weight excluding hydrogens is 204 g/mol. The summed E-state index contributed by atoms with van der Waals surface area (Å²) in [4.78, 5) is 0. The van der Waals surface area contributed by atoms with Crippen molar-refractivity contribution in [2.24, 2.45) is 0 Å². The van der Waals surface area contributed by atoms with Gasteiger partial charge in [-0.25, -0.2) is 0 Å². The summed E-state index contributed by atoms with van der Waals surface area (Å²) >= 11 is 0. The molecule has 0 atom stereocenters. The van der Waals surface area contributed by atoms with Gasteiger partial charge in [-0.05, 0) is 35.0 Å². The first-order chi connectivity index (χ1) is 7.79. The Balaban J connectivity index is 2.20. The maximum absolute atomic E-state index is 9.33. The summed E-state index contributed by atoms with van der Waals surface area (Å²) in [7, 11) is 1.65. The lowest BCUT2D eigenvalue weighted by molar-refractivity contribution is 0.146. The van der Waals surface area contributed by atoms with Gasteiger partial charge in [0.2, 0.25) is 0 Å². The van der Waals surface area contributed by atoms with Gasteiger partial charge in [0.1, 0.15) is 18.1 Å². The smallest absolute Gasteiger partial charge is 0.120 e. The van der Waals surface area contributed by atoms with E-state index < -0.39 is 0 Å². The van der Waals surface area contributed by atoms with Gasteiger partial charge in [0.15, 0.2) is 0 Å². The average Bonchev–Trinajstić information content (AvgIpc) is 2.29. The lowest BCUT2D eigenvalue weighted by atomic mass is 10.1. The summed E-state index contributed by atoms with van der Waals surface area (Å²) in [6, 6.07) is 11.0. The Morgan fingerprint density at radius 3 is 2.56 bits per heavy atom. The van der Waals surface area contributed by atoms with Crippen molar-refractivity contribution in [2.45, 2.75) is 0 Å². The van der Waals surface area contributed by atoms with E-state index in [0.29, 0.717) is 13.2 Å². The van der Waals surface area contributed by atoms with Crippen LogP contribution >= 0.6 is 0 Å². The molecule has 0 amide bonds. The first kappa shape index (κ1) is 10.8. The lowest BCUT2D eigenvalue weighted by Gasteiger charge is -2.06. The minimum Gasteiger partial charge on any atom is -0.508 e. The van der Waals surface area contributed by atoms with Crippen molar-refractivity contribution in [3.8, 4) is 11.5 Å². The zero-order chi connectivity index (χ0) is 11.4. The van der Waals surface area contributed by atoms with Crippen LogP contribution in [0.4, 0.5) is 0 Å². The third kappa shape index (κ3) is 2.44. The Hall–Kier alpha value is -1.74. The molecule has 0 radical (unpaired) electrons. The van der Waals surface area contributed by atoms with E-state index in [0.717, 1.165) is 16.5 Å². The Morgan fingerprint density at radius 2 is 1.75 bits per heavy atom. The zero-order valence-corrected chi connectivity index (χ0v) is 9.14. The highest BCUT2D eigenvalue weighted by atomic mass is 16.5. The summed E-state index contributed by atoms with van der Waals surface area (Å²) in [6.07, 6.45) is 0. The van der Waals surface area contributed by atoms with Crippen molar-refractivity contribution in [1.82, 2.24) is 0 Å². The topological polar surface area (TPSA) is 38.7 Å². The minimum absolute atomic E-state index is 0.278. The number of benzene rings is 2. The maximum Gasteiger partial charge on any atom is 0.120 e. The summed E-state index contributed by atoms with van der Waals surface area (Å²) in [6.45, 7) is 1.12. The molecule has 3 heteroatoms. The van der Waals surface area contributed by atoms with Crippen LogP contribution in [0.15, 0.2) is 36.4 Å². The Bertz CT molecular complexity index is 480. The van der Waals surface area contributed by atoms with Gasteiger partial charge in [0.05, 0.1) is 6.61 Å². The number of fused-ring (bicyclic) bond motifs is 1. The molecule has 0 spiro atoms. The molecule has 0 saturated heterocycles. The number of aromatic hydroxyl groups is 1. The molecule has 0 unspecified atom stereocenters. The normalized spacial score (nSPS) is 10.6. The number of hydrogen-bond acceptors (Lipinski definition) is 3. The quantitative estimate of drug-likeness (QED) is 0.801. The first-order valence-electron chi connectivity index (χ1n) is 5.14. The molecule has 1 N–H and O–H groups in total. The molecule has 3 nitrogen and oxygen atoms in total. The fourth-order valence-corrected chi connectivity index (χ4v) is 1.54. The van der Waals surface area contributed by atoms with Crippen LogP contribution in [-0.4, -0.2) is 25.4 Å². The van der Waals surface area contributed by atoms with Gasteiger partial charge in [-0.3, -0.25) is 0 Å². The molecule has 2 aromatic rings. The summed E-state index contributed by atoms with van der Waals surface area (Å²) in [5, 5.41) is 11.4. The predicted octanol–water partition coefficient (Wildman–Crippen LogP) is 2.57. The van der Waals surface area contributed by atoms with Gasteiger partial charge in [-0.2, -0.15) is 0 Å². The van der Waals surface area contributed by atoms with Crippen molar-refractivity contribution >= 4 is 10.8 Å². The molecule has 0 aliphatic heterocycles. The monoisotopic (exact) mass is 218 g/mol. The summed E-state index contributed by atoms with van der Waals surface area (Å²) in [5.74, 6) is 1.09. The number of phenols is 1. The predicted molar refractivity (Wildman–Crippen MR) is 63.0 cm³/mol.